The Labute approximate surface area is 114 Å². The summed E-state index contributed by atoms with van der Waals surface area (Å²) in [5.41, 5.74) is 12.4. The van der Waals surface area contributed by atoms with Crippen LogP contribution in [0.25, 0.3) is 0 Å². The molecule has 5 nitrogen and oxygen atoms in total. The highest BCUT2D eigenvalue weighted by molar-refractivity contribution is 5.97. The molecule has 0 aliphatic rings. The van der Waals surface area contributed by atoms with E-state index in [2.05, 4.69) is 15.3 Å². The van der Waals surface area contributed by atoms with Gasteiger partial charge in [-0.25, -0.2) is 0 Å². The molecule has 0 aliphatic carbocycles. The molecule has 5 N–H and O–H groups in total. The minimum absolute atomic E-state index is 0.0255. The van der Waals surface area contributed by atoms with Gasteiger partial charge in [-0.1, -0.05) is 5.16 Å². The topological polar surface area (TPSA) is 85.7 Å². The lowest BCUT2D eigenvalue weighted by atomic mass is 10.2. The second-order valence-electron chi connectivity index (χ2n) is 3.97. The van der Waals surface area contributed by atoms with E-state index in [0.717, 1.165) is 5.69 Å². The summed E-state index contributed by atoms with van der Waals surface area (Å²) in [5, 5.41) is 6.51. The SMILES string of the molecule is NCCNc1ccc(C(N)=NOCCC(F)(F)F)cc1. The Kier molecular flexibility index (Phi) is 6.10. The number of nitrogens with one attached hydrogen (secondary N) is 1. The van der Waals surface area contributed by atoms with Crippen molar-refractivity contribution in [2.75, 3.05) is 25.0 Å². The zero-order valence-corrected chi connectivity index (χ0v) is 10.8. The third kappa shape index (κ3) is 6.28. The maximum Gasteiger partial charge on any atom is 0.392 e. The Hall–Kier alpha value is -1.96. The van der Waals surface area contributed by atoms with E-state index >= 15 is 0 Å². The Balaban J connectivity index is 2.48. The molecule has 0 fully saturated rings. The Morgan fingerprint density at radius 2 is 1.90 bits per heavy atom. The number of oxime groups is 1. The van der Waals surface area contributed by atoms with Gasteiger partial charge in [0, 0.05) is 24.3 Å². The summed E-state index contributed by atoms with van der Waals surface area (Å²) >= 11 is 0. The number of hydrogen-bond donors (Lipinski definition) is 3. The second kappa shape index (κ2) is 7.59. The Morgan fingerprint density at radius 3 is 2.45 bits per heavy atom. The largest absolute Gasteiger partial charge is 0.394 e. The Morgan fingerprint density at radius 1 is 1.25 bits per heavy atom. The predicted octanol–water partition coefficient (Wildman–Crippen LogP) is 1.65. The smallest absolute Gasteiger partial charge is 0.392 e. The van der Waals surface area contributed by atoms with Crippen LogP contribution >= 0.6 is 0 Å². The van der Waals surface area contributed by atoms with Crippen molar-refractivity contribution in [2.24, 2.45) is 16.6 Å². The molecule has 0 spiro atoms. The molecule has 1 rings (SSSR count). The van der Waals surface area contributed by atoms with Gasteiger partial charge in [0.25, 0.3) is 0 Å². The standard InChI is InChI=1S/C12H17F3N4O/c13-12(14,15)5-8-20-19-11(17)9-1-3-10(4-2-9)18-7-6-16/h1-4,18H,5-8,16H2,(H2,17,19). The molecule has 20 heavy (non-hydrogen) atoms. The van der Waals surface area contributed by atoms with Gasteiger partial charge in [-0.2, -0.15) is 13.2 Å². The lowest BCUT2D eigenvalue weighted by molar-refractivity contribution is -0.145. The molecule has 0 amide bonds. The number of hydrogen-bond acceptors (Lipinski definition) is 4. The third-order valence-electron chi connectivity index (χ3n) is 2.29. The van der Waals surface area contributed by atoms with Gasteiger partial charge in [0.2, 0.25) is 0 Å². The average molecular weight is 290 g/mol. The number of anilines is 1. The minimum Gasteiger partial charge on any atom is -0.394 e. The number of halogens is 3. The van der Waals surface area contributed by atoms with Gasteiger partial charge in [-0.15, -0.1) is 0 Å². The van der Waals surface area contributed by atoms with Crippen molar-refractivity contribution in [2.45, 2.75) is 12.6 Å². The highest BCUT2D eigenvalue weighted by Gasteiger charge is 2.26. The molecular formula is C12H17F3N4O. The van der Waals surface area contributed by atoms with Gasteiger partial charge in [-0.05, 0) is 24.3 Å². The predicted molar refractivity (Wildman–Crippen MR) is 71.3 cm³/mol. The van der Waals surface area contributed by atoms with Gasteiger partial charge in [0.15, 0.2) is 5.84 Å². The maximum atomic E-state index is 11.9. The fourth-order valence-corrected chi connectivity index (χ4v) is 1.30. The van der Waals surface area contributed by atoms with Crippen molar-refractivity contribution >= 4 is 11.5 Å². The average Bonchev–Trinajstić information content (AvgIpc) is 2.40. The van der Waals surface area contributed by atoms with E-state index in [0.29, 0.717) is 18.7 Å². The first kappa shape index (κ1) is 16.1. The minimum atomic E-state index is -4.26. The summed E-state index contributed by atoms with van der Waals surface area (Å²) < 4.78 is 35.6. The highest BCUT2D eigenvalue weighted by atomic mass is 19.4. The maximum absolute atomic E-state index is 11.9. The molecule has 0 unspecified atom stereocenters. The third-order valence-corrected chi connectivity index (χ3v) is 2.29. The molecule has 0 aliphatic heterocycles. The van der Waals surface area contributed by atoms with E-state index in [4.69, 9.17) is 11.5 Å². The van der Waals surface area contributed by atoms with E-state index in [1.165, 1.54) is 0 Å². The lowest BCUT2D eigenvalue weighted by Crippen LogP contribution is -2.16. The van der Waals surface area contributed by atoms with E-state index < -0.39 is 19.2 Å². The fraction of sp³-hybridized carbons (Fsp3) is 0.417. The molecule has 0 bridgehead atoms. The lowest BCUT2D eigenvalue weighted by Gasteiger charge is -2.07. The van der Waals surface area contributed by atoms with Crippen molar-refractivity contribution < 1.29 is 18.0 Å². The molecule has 0 aromatic heterocycles. The summed E-state index contributed by atoms with van der Waals surface area (Å²) in [4.78, 5) is 4.53. The number of alkyl halides is 3. The van der Waals surface area contributed by atoms with Crippen LogP contribution in [0.5, 0.6) is 0 Å². The molecule has 0 saturated carbocycles. The molecule has 112 valence electrons. The zero-order valence-electron chi connectivity index (χ0n) is 10.8. The number of benzene rings is 1. The number of nitrogens with two attached hydrogens (primary N) is 2. The number of rotatable bonds is 7. The van der Waals surface area contributed by atoms with Crippen LogP contribution in [0.1, 0.15) is 12.0 Å². The van der Waals surface area contributed by atoms with Gasteiger partial charge in [0.05, 0.1) is 6.42 Å². The Bertz CT molecular complexity index is 431. The van der Waals surface area contributed by atoms with Crippen molar-refractivity contribution in [3.8, 4) is 0 Å². The number of amidine groups is 1. The first-order valence-electron chi connectivity index (χ1n) is 5.99. The van der Waals surface area contributed by atoms with E-state index in [-0.39, 0.29) is 5.84 Å². The van der Waals surface area contributed by atoms with Crippen LogP contribution in [0, 0.1) is 0 Å². The molecule has 0 radical (unpaired) electrons. The van der Waals surface area contributed by atoms with Crippen LogP contribution in [-0.4, -0.2) is 31.7 Å². The molecular weight excluding hydrogens is 273 g/mol. The first-order chi connectivity index (χ1) is 9.42. The van der Waals surface area contributed by atoms with Gasteiger partial charge in [0.1, 0.15) is 6.61 Å². The van der Waals surface area contributed by atoms with E-state index in [1.54, 1.807) is 24.3 Å². The van der Waals surface area contributed by atoms with Crippen LogP contribution < -0.4 is 16.8 Å². The molecule has 0 atom stereocenters. The van der Waals surface area contributed by atoms with Crippen LogP contribution in [0.15, 0.2) is 29.4 Å². The summed E-state index contributed by atoms with van der Waals surface area (Å²) in [6.45, 7) is 0.599. The van der Waals surface area contributed by atoms with Gasteiger partial charge >= 0.3 is 6.18 Å². The molecule has 8 heteroatoms. The normalized spacial score (nSPS) is 12.3. The molecule has 1 aromatic carbocycles. The molecule has 1 aromatic rings. The quantitative estimate of drug-likeness (QED) is 0.308. The van der Waals surface area contributed by atoms with Crippen molar-refractivity contribution in [3.63, 3.8) is 0 Å². The summed E-state index contributed by atoms with van der Waals surface area (Å²) in [6.07, 6.45) is -5.33. The van der Waals surface area contributed by atoms with Crippen LogP contribution in [-0.2, 0) is 4.84 Å². The number of nitrogens with zero attached hydrogens (tertiary/aromatic N) is 1. The van der Waals surface area contributed by atoms with E-state index in [9.17, 15) is 13.2 Å². The monoisotopic (exact) mass is 290 g/mol. The summed E-state index contributed by atoms with van der Waals surface area (Å²) in [6, 6.07) is 6.90. The van der Waals surface area contributed by atoms with Crippen molar-refractivity contribution in [1.82, 2.24) is 0 Å². The highest BCUT2D eigenvalue weighted by Crippen LogP contribution is 2.19. The summed E-state index contributed by atoms with van der Waals surface area (Å²) in [5.74, 6) is 0.0255. The van der Waals surface area contributed by atoms with Crippen molar-refractivity contribution in [1.29, 1.82) is 0 Å². The summed E-state index contributed by atoms with van der Waals surface area (Å²) in [7, 11) is 0. The van der Waals surface area contributed by atoms with Gasteiger partial charge < -0.3 is 21.6 Å². The van der Waals surface area contributed by atoms with Gasteiger partial charge in [-0.3, -0.25) is 0 Å². The molecule has 0 heterocycles. The second-order valence-corrected chi connectivity index (χ2v) is 3.97. The van der Waals surface area contributed by atoms with Crippen LogP contribution in [0.2, 0.25) is 0 Å². The van der Waals surface area contributed by atoms with Crippen molar-refractivity contribution in [3.05, 3.63) is 29.8 Å². The van der Waals surface area contributed by atoms with E-state index in [1.807, 2.05) is 0 Å². The fourth-order valence-electron chi connectivity index (χ4n) is 1.30. The zero-order chi connectivity index (χ0) is 15.0. The first-order valence-corrected chi connectivity index (χ1v) is 5.99. The molecule has 0 saturated heterocycles. The van der Waals surface area contributed by atoms with Crippen LogP contribution in [0.3, 0.4) is 0 Å². The van der Waals surface area contributed by atoms with Crippen LogP contribution in [0.4, 0.5) is 18.9 Å².